The van der Waals surface area contributed by atoms with Crippen LogP contribution in [0.25, 0.3) is 0 Å². The van der Waals surface area contributed by atoms with Gasteiger partial charge in [0, 0.05) is 6.42 Å². The predicted octanol–water partition coefficient (Wildman–Crippen LogP) is 5.92. The van der Waals surface area contributed by atoms with Crippen molar-refractivity contribution in [2.45, 2.75) is 117 Å². The second-order valence-corrected chi connectivity index (χ2v) is 7.15. The predicted molar refractivity (Wildman–Crippen MR) is 103 cm³/mol. The number of carbonyl (C=O) groups excluding carboxylic acids is 1. The minimum absolute atomic E-state index is 0.307. The normalized spacial score (nSPS) is 13.0. The first-order valence-electron chi connectivity index (χ1n) is 10.2. The van der Waals surface area contributed by atoms with Crippen molar-refractivity contribution in [1.82, 2.24) is 5.06 Å². The molecule has 5 heteroatoms. The van der Waals surface area contributed by atoms with E-state index in [1.165, 1.54) is 64.2 Å². The minimum Gasteiger partial charge on any atom is -0.411 e. The molecule has 0 radical (unpaired) electrons. The Kier molecular flexibility index (Phi) is 15.7. The van der Waals surface area contributed by atoms with Crippen LogP contribution in [0.1, 0.15) is 111 Å². The van der Waals surface area contributed by atoms with Gasteiger partial charge in [0.25, 0.3) is 0 Å². The van der Waals surface area contributed by atoms with Crippen molar-refractivity contribution in [3.05, 3.63) is 0 Å². The van der Waals surface area contributed by atoms with Crippen molar-refractivity contribution in [2.24, 2.45) is 5.16 Å². The second-order valence-electron chi connectivity index (χ2n) is 7.15. The molecule has 0 fully saturated rings. The van der Waals surface area contributed by atoms with Crippen molar-refractivity contribution in [2.75, 3.05) is 0 Å². The van der Waals surface area contributed by atoms with E-state index in [1.54, 1.807) is 13.8 Å². The molecular weight excluding hydrogens is 316 g/mol. The highest BCUT2D eigenvalue weighted by atomic mass is 16.5. The summed E-state index contributed by atoms with van der Waals surface area (Å²) in [7, 11) is 0. The summed E-state index contributed by atoms with van der Waals surface area (Å²) < 4.78 is 0. The highest BCUT2D eigenvalue weighted by Gasteiger charge is 2.20. The molecule has 0 aliphatic heterocycles. The van der Waals surface area contributed by atoms with Crippen LogP contribution in [-0.4, -0.2) is 33.1 Å². The van der Waals surface area contributed by atoms with Gasteiger partial charge < -0.3 is 5.21 Å². The average molecular weight is 357 g/mol. The highest BCUT2D eigenvalue weighted by Crippen LogP contribution is 2.13. The Hall–Kier alpha value is -1.10. The van der Waals surface area contributed by atoms with E-state index >= 15 is 0 Å². The third-order valence-corrected chi connectivity index (χ3v) is 4.88. The maximum absolute atomic E-state index is 11.8. The van der Waals surface area contributed by atoms with Crippen LogP contribution in [0.4, 0.5) is 0 Å². The summed E-state index contributed by atoms with van der Waals surface area (Å²) in [6, 6.07) is -0.584. The number of oxime groups is 1. The van der Waals surface area contributed by atoms with E-state index in [9.17, 15) is 10.0 Å². The molecule has 25 heavy (non-hydrogen) atoms. The van der Waals surface area contributed by atoms with E-state index in [0.29, 0.717) is 17.2 Å². The van der Waals surface area contributed by atoms with Gasteiger partial charge in [-0.3, -0.25) is 10.0 Å². The summed E-state index contributed by atoms with van der Waals surface area (Å²) in [5.74, 6) is -0.307. The van der Waals surface area contributed by atoms with E-state index in [0.717, 1.165) is 19.3 Å². The van der Waals surface area contributed by atoms with Crippen LogP contribution in [0.5, 0.6) is 0 Å². The molecule has 0 rings (SSSR count). The van der Waals surface area contributed by atoms with Gasteiger partial charge in [-0.2, -0.15) is 0 Å². The van der Waals surface area contributed by atoms with Gasteiger partial charge in [-0.15, -0.1) is 0 Å². The molecule has 0 spiro atoms. The summed E-state index contributed by atoms with van der Waals surface area (Å²) in [6.07, 6.45) is 16.8. The molecule has 2 N–H and O–H groups in total. The Morgan fingerprint density at radius 3 is 1.68 bits per heavy atom. The van der Waals surface area contributed by atoms with E-state index < -0.39 is 6.04 Å². The van der Waals surface area contributed by atoms with Crippen LogP contribution >= 0.6 is 0 Å². The van der Waals surface area contributed by atoms with Gasteiger partial charge in [0.2, 0.25) is 5.91 Å². The lowest BCUT2D eigenvalue weighted by molar-refractivity contribution is -0.169. The highest BCUT2D eigenvalue weighted by molar-refractivity contribution is 5.90. The van der Waals surface area contributed by atoms with Crippen molar-refractivity contribution in [3.63, 3.8) is 0 Å². The average Bonchev–Trinajstić information content (AvgIpc) is 2.63. The summed E-state index contributed by atoms with van der Waals surface area (Å²) in [5, 5.41) is 22.1. The first-order valence-corrected chi connectivity index (χ1v) is 10.2. The van der Waals surface area contributed by atoms with Crippen LogP contribution in [0, 0.1) is 0 Å². The van der Waals surface area contributed by atoms with E-state index in [-0.39, 0.29) is 5.91 Å². The minimum atomic E-state index is -0.584. The summed E-state index contributed by atoms with van der Waals surface area (Å²) in [5.41, 5.74) is 0.321. The zero-order valence-electron chi connectivity index (χ0n) is 16.7. The number of rotatable bonds is 16. The smallest absolute Gasteiger partial charge is 0.246 e. The van der Waals surface area contributed by atoms with Crippen LogP contribution in [0.3, 0.4) is 0 Å². The number of nitrogens with zero attached hydrogens (tertiary/aromatic N) is 2. The molecule has 1 amide bonds. The molecule has 0 saturated heterocycles. The molecule has 0 aromatic carbocycles. The first-order chi connectivity index (χ1) is 12.0. The van der Waals surface area contributed by atoms with Gasteiger partial charge in [0.15, 0.2) is 0 Å². The fourth-order valence-corrected chi connectivity index (χ4v) is 2.89. The number of unbranched alkanes of at least 4 members (excludes halogenated alkanes) is 12. The van der Waals surface area contributed by atoms with E-state index in [4.69, 9.17) is 5.21 Å². The largest absolute Gasteiger partial charge is 0.411 e. The Labute approximate surface area is 154 Å². The summed E-state index contributed by atoms with van der Waals surface area (Å²) in [6.45, 7) is 5.46. The standard InChI is InChI=1S/C20H40N2O3/c1-4-5-6-7-8-9-10-11-12-13-14-15-16-17-20(23)22(25)19(3)18(2)21-24/h19,24-25H,4-17H2,1-3H3/b21-18+. The van der Waals surface area contributed by atoms with Crippen LogP contribution < -0.4 is 0 Å². The molecule has 0 aliphatic carbocycles. The van der Waals surface area contributed by atoms with E-state index in [2.05, 4.69) is 12.1 Å². The Balaban J connectivity index is 3.45. The van der Waals surface area contributed by atoms with Crippen LogP contribution in [-0.2, 0) is 4.79 Å². The SMILES string of the molecule is CCCCCCCCCCCCCCCC(=O)N(O)C(C)/C(C)=N/O. The van der Waals surface area contributed by atoms with Gasteiger partial charge in [-0.05, 0) is 20.3 Å². The topological polar surface area (TPSA) is 73.1 Å². The maximum atomic E-state index is 11.8. The second kappa shape index (κ2) is 16.4. The summed E-state index contributed by atoms with van der Waals surface area (Å²) in [4.78, 5) is 11.8. The molecule has 148 valence electrons. The molecule has 0 bridgehead atoms. The Morgan fingerprint density at radius 1 is 0.880 bits per heavy atom. The van der Waals surface area contributed by atoms with Crippen molar-refractivity contribution < 1.29 is 15.2 Å². The molecule has 0 aromatic rings. The third kappa shape index (κ3) is 12.9. The zero-order chi connectivity index (χ0) is 18.9. The summed E-state index contributed by atoms with van der Waals surface area (Å²) >= 11 is 0. The molecule has 0 aliphatic rings. The quantitative estimate of drug-likeness (QED) is 0.118. The molecule has 1 atom stereocenters. The lowest BCUT2D eigenvalue weighted by Crippen LogP contribution is -2.39. The van der Waals surface area contributed by atoms with Gasteiger partial charge in [0.1, 0.15) is 0 Å². The fourth-order valence-electron chi connectivity index (χ4n) is 2.89. The molecular formula is C20H40N2O3. The lowest BCUT2D eigenvalue weighted by Gasteiger charge is -2.21. The zero-order valence-corrected chi connectivity index (χ0v) is 16.7. The third-order valence-electron chi connectivity index (χ3n) is 4.88. The maximum Gasteiger partial charge on any atom is 0.246 e. The van der Waals surface area contributed by atoms with Gasteiger partial charge >= 0.3 is 0 Å². The van der Waals surface area contributed by atoms with Crippen molar-refractivity contribution in [3.8, 4) is 0 Å². The Morgan fingerprint density at radius 2 is 1.28 bits per heavy atom. The van der Waals surface area contributed by atoms with E-state index in [1.807, 2.05) is 0 Å². The lowest BCUT2D eigenvalue weighted by atomic mass is 10.0. The number of amides is 1. The number of carbonyl (C=O) groups is 1. The number of hydroxylamine groups is 2. The molecule has 1 unspecified atom stereocenters. The fraction of sp³-hybridized carbons (Fsp3) is 0.900. The van der Waals surface area contributed by atoms with Crippen molar-refractivity contribution in [1.29, 1.82) is 0 Å². The van der Waals surface area contributed by atoms with Crippen molar-refractivity contribution >= 4 is 11.6 Å². The first kappa shape index (κ1) is 23.9. The molecule has 0 heterocycles. The van der Waals surface area contributed by atoms with Crippen LogP contribution in [0.2, 0.25) is 0 Å². The van der Waals surface area contributed by atoms with Gasteiger partial charge in [0.05, 0.1) is 11.8 Å². The molecule has 0 aromatic heterocycles. The number of hydrogen-bond acceptors (Lipinski definition) is 4. The Bertz CT molecular complexity index is 359. The number of hydrogen-bond donors (Lipinski definition) is 2. The monoisotopic (exact) mass is 356 g/mol. The van der Waals surface area contributed by atoms with Gasteiger partial charge in [-0.25, -0.2) is 5.06 Å². The van der Waals surface area contributed by atoms with Crippen LogP contribution in [0.15, 0.2) is 5.16 Å². The van der Waals surface area contributed by atoms with Gasteiger partial charge in [-0.1, -0.05) is 89.1 Å². The molecule has 0 saturated carbocycles. The molecule has 5 nitrogen and oxygen atoms in total.